The van der Waals surface area contributed by atoms with Crippen molar-refractivity contribution in [2.24, 2.45) is 0 Å². The van der Waals surface area contributed by atoms with E-state index in [4.69, 9.17) is 4.74 Å². The minimum Gasteiger partial charge on any atom is -0.478 e. The molecule has 1 aromatic rings. The smallest absolute Gasteiger partial charge is 0.212 e. The van der Waals surface area contributed by atoms with Gasteiger partial charge in [0.05, 0.1) is 12.3 Å². The van der Waals surface area contributed by atoms with Gasteiger partial charge in [-0.3, -0.25) is 0 Å². The number of unbranched alkanes of at least 4 members (excludes halogenated alkanes) is 1. The highest BCUT2D eigenvalue weighted by atomic mass is 32.2. The molecule has 0 unspecified atom stereocenters. The van der Waals surface area contributed by atoms with Crippen LogP contribution in [0.25, 0.3) is 0 Å². The van der Waals surface area contributed by atoms with Gasteiger partial charge in [0.2, 0.25) is 10.0 Å². The SMILES string of the molecule is CCCCS(=O)(=O)NCC#CCOc1ccccc1F. The molecule has 0 heterocycles. The van der Waals surface area contributed by atoms with Crippen LogP contribution in [0.2, 0.25) is 0 Å². The molecule has 0 aromatic heterocycles. The number of benzene rings is 1. The van der Waals surface area contributed by atoms with Crippen molar-refractivity contribution < 1.29 is 17.5 Å². The van der Waals surface area contributed by atoms with Gasteiger partial charge in [-0.25, -0.2) is 17.5 Å². The second kappa shape index (κ2) is 8.56. The normalized spacial score (nSPS) is 10.7. The zero-order chi connectivity index (χ0) is 14.8. The van der Waals surface area contributed by atoms with E-state index in [0.717, 1.165) is 6.42 Å². The van der Waals surface area contributed by atoms with Gasteiger partial charge in [0.15, 0.2) is 11.6 Å². The molecule has 6 heteroatoms. The molecule has 0 bridgehead atoms. The number of halogens is 1. The van der Waals surface area contributed by atoms with Crippen LogP contribution in [0.1, 0.15) is 19.8 Å². The van der Waals surface area contributed by atoms with Crippen molar-refractivity contribution in [3.63, 3.8) is 0 Å². The Morgan fingerprint density at radius 2 is 2.05 bits per heavy atom. The number of ether oxygens (including phenoxy) is 1. The number of hydrogen-bond donors (Lipinski definition) is 1. The summed E-state index contributed by atoms with van der Waals surface area (Å²) in [6, 6.07) is 6.03. The molecule has 0 spiro atoms. The van der Waals surface area contributed by atoms with Crippen LogP contribution in [0.4, 0.5) is 4.39 Å². The first kappa shape index (κ1) is 16.5. The van der Waals surface area contributed by atoms with Crippen LogP contribution < -0.4 is 9.46 Å². The number of para-hydroxylation sites is 1. The Balaban J connectivity index is 2.29. The molecule has 0 radical (unpaired) electrons. The third-order valence-electron chi connectivity index (χ3n) is 2.41. The van der Waals surface area contributed by atoms with Gasteiger partial charge in [-0.1, -0.05) is 37.3 Å². The Kier molecular flexibility index (Phi) is 7.05. The molecule has 0 aliphatic carbocycles. The highest BCUT2D eigenvalue weighted by molar-refractivity contribution is 7.89. The van der Waals surface area contributed by atoms with Gasteiger partial charge in [0.1, 0.15) is 6.61 Å². The summed E-state index contributed by atoms with van der Waals surface area (Å²) in [4.78, 5) is 0. The van der Waals surface area contributed by atoms with E-state index in [9.17, 15) is 12.8 Å². The van der Waals surface area contributed by atoms with Crippen LogP contribution in [0.5, 0.6) is 5.75 Å². The van der Waals surface area contributed by atoms with Crippen LogP contribution in [0.15, 0.2) is 24.3 Å². The Labute approximate surface area is 119 Å². The fraction of sp³-hybridized carbons (Fsp3) is 0.429. The van der Waals surface area contributed by atoms with Gasteiger partial charge < -0.3 is 4.74 Å². The fourth-order valence-electron chi connectivity index (χ4n) is 1.34. The summed E-state index contributed by atoms with van der Waals surface area (Å²) in [5.74, 6) is 5.03. The molecule has 110 valence electrons. The maximum absolute atomic E-state index is 13.2. The van der Waals surface area contributed by atoms with E-state index in [-0.39, 0.29) is 24.7 Å². The van der Waals surface area contributed by atoms with Gasteiger partial charge in [-0.15, -0.1) is 0 Å². The second-order valence-electron chi connectivity index (χ2n) is 4.07. The van der Waals surface area contributed by atoms with E-state index in [0.29, 0.717) is 6.42 Å². The van der Waals surface area contributed by atoms with Gasteiger partial charge in [0.25, 0.3) is 0 Å². The van der Waals surface area contributed by atoms with Crippen molar-refractivity contribution in [3.05, 3.63) is 30.1 Å². The van der Waals surface area contributed by atoms with Gasteiger partial charge in [-0.2, -0.15) is 0 Å². The van der Waals surface area contributed by atoms with Crippen molar-refractivity contribution in [1.82, 2.24) is 4.72 Å². The molecule has 0 amide bonds. The predicted molar refractivity (Wildman–Crippen MR) is 76.4 cm³/mol. The van der Waals surface area contributed by atoms with Gasteiger partial charge in [-0.05, 0) is 18.6 Å². The maximum atomic E-state index is 13.2. The van der Waals surface area contributed by atoms with E-state index < -0.39 is 15.8 Å². The van der Waals surface area contributed by atoms with Crippen LogP contribution in [-0.2, 0) is 10.0 Å². The lowest BCUT2D eigenvalue weighted by atomic mass is 10.3. The molecule has 0 fully saturated rings. The van der Waals surface area contributed by atoms with Gasteiger partial charge in [0, 0.05) is 0 Å². The molecule has 1 N–H and O–H groups in total. The Morgan fingerprint density at radius 3 is 2.75 bits per heavy atom. The first-order valence-corrected chi connectivity index (χ1v) is 8.01. The number of sulfonamides is 1. The highest BCUT2D eigenvalue weighted by Gasteiger charge is 2.06. The molecule has 20 heavy (non-hydrogen) atoms. The Morgan fingerprint density at radius 1 is 1.30 bits per heavy atom. The minimum absolute atomic E-state index is 0.0115. The summed E-state index contributed by atoms with van der Waals surface area (Å²) >= 11 is 0. The molecule has 0 saturated carbocycles. The molecule has 0 atom stereocenters. The first-order valence-electron chi connectivity index (χ1n) is 6.35. The number of rotatable bonds is 7. The molecule has 0 aliphatic heterocycles. The predicted octanol–water partition coefficient (Wildman–Crippen LogP) is 1.93. The van der Waals surface area contributed by atoms with Crippen molar-refractivity contribution >= 4 is 10.0 Å². The van der Waals surface area contributed by atoms with E-state index in [1.165, 1.54) is 12.1 Å². The third-order valence-corrected chi connectivity index (χ3v) is 3.82. The Hall–Kier alpha value is -1.58. The van der Waals surface area contributed by atoms with Crippen LogP contribution in [0, 0.1) is 17.7 Å². The van der Waals surface area contributed by atoms with Crippen molar-refractivity contribution in [1.29, 1.82) is 0 Å². The lowest BCUT2D eigenvalue weighted by molar-refractivity contribution is 0.348. The average Bonchev–Trinajstić information content (AvgIpc) is 2.42. The monoisotopic (exact) mass is 299 g/mol. The summed E-state index contributed by atoms with van der Waals surface area (Å²) in [6.07, 6.45) is 1.45. The molecule has 1 rings (SSSR count). The lowest BCUT2D eigenvalue weighted by Gasteiger charge is -2.02. The molecular formula is C14H18FNO3S. The summed E-state index contributed by atoms with van der Waals surface area (Å²) in [7, 11) is -3.24. The fourth-order valence-corrected chi connectivity index (χ4v) is 2.45. The molecule has 0 saturated heterocycles. The highest BCUT2D eigenvalue weighted by Crippen LogP contribution is 2.14. The van der Waals surface area contributed by atoms with Gasteiger partial charge >= 0.3 is 0 Å². The maximum Gasteiger partial charge on any atom is 0.212 e. The molecule has 1 aromatic carbocycles. The standard InChI is InChI=1S/C14H18FNO3S/c1-2-3-12-20(17,18)16-10-6-7-11-19-14-9-5-4-8-13(14)15/h4-5,8-9,16H,2-3,10-12H2,1H3. The molecular weight excluding hydrogens is 281 g/mol. The molecule has 4 nitrogen and oxygen atoms in total. The summed E-state index contributed by atoms with van der Waals surface area (Å²) in [5.41, 5.74) is 0. The second-order valence-corrected chi connectivity index (χ2v) is 5.99. The van der Waals surface area contributed by atoms with Crippen LogP contribution >= 0.6 is 0 Å². The summed E-state index contributed by atoms with van der Waals surface area (Å²) < 4.78 is 43.5. The lowest BCUT2D eigenvalue weighted by Crippen LogP contribution is -2.26. The quantitative estimate of drug-likeness (QED) is 0.783. The van der Waals surface area contributed by atoms with E-state index >= 15 is 0 Å². The largest absolute Gasteiger partial charge is 0.478 e. The first-order chi connectivity index (χ1) is 9.55. The third kappa shape index (κ3) is 6.55. The summed E-state index contributed by atoms with van der Waals surface area (Å²) in [6.45, 7) is 1.97. The zero-order valence-electron chi connectivity index (χ0n) is 11.4. The van der Waals surface area contributed by atoms with E-state index in [1.807, 2.05) is 6.92 Å². The topological polar surface area (TPSA) is 55.4 Å². The van der Waals surface area contributed by atoms with Crippen molar-refractivity contribution in [2.45, 2.75) is 19.8 Å². The average molecular weight is 299 g/mol. The van der Waals surface area contributed by atoms with Crippen LogP contribution in [0.3, 0.4) is 0 Å². The minimum atomic E-state index is -3.24. The number of hydrogen-bond acceptors (Lipinski definition) is 3. The van der Waals surface area contributed by atoms with Crippen LogP contribution in [-0.4, -0.2) is 27.3 Å². The van der Waals surface area contributed by atoms with E-state index in [2.05, 4.69) is 16.6 Å². The Bertz CT molecular complexity index is 576. The number of nitrogens with one attached hydrogen (secondary N) is 1. The zero-order valence-corrected chi connectivity index (χ0v) is 12.2. The summed E-state index contributed by atoms with van der Waals surface area (Å²) in [5, 5.41) is 0. The van der Waals surface area contributed by atoms with Crippen molar-refractivity contribution in [2.75, 3.05) is 18.9 Å². The van der Waals surface area contributed by atoms with Crippen molar-refractivity contribution in [3.8, 4) is 17.6 Å². The molecule has 0 aliphatic rings. The van der Waals surface area contributed by atoms with E-state index in [1.54, 1.807) is 12.1 Å².